The topological polar surface area (TPSA) is 102 Å². The van der Waals surface area contributed by atoms with Crippen LogP contribution in [0.25, 0.3) is 0 Å². The van der Waals surface area contributed by atoms with Gasteiger partial charge in [-0.05, 0) is 6.92 Å². The maximum Gasteiger partial charge on any atom is 0.264 e. The molecule has 96 valence electrons. The predicted molar refractivity (Wildman–Crippen MR) is 53.1 cm³/mol. The largest absolute Gasteiger partial charge is 0.387 e. The van der Waals surface area contributed by atoms with E-state index in [2.05, 4.69) is 4.18 Å². The summed E-state index contributed by atoms with van der Waals surface area (Å²) in [7, 11) is -2.42. The van der Waals surface area contributed by atoms with Gasteiger partial charge in [0.15, 0.2) is 6.29 Å². The molecule has 0 aliphatic carbocycles. The SMILES string of the molecule is CO[C@H]1O[C@H](C)[C@H](OS(C)(=O)=O)[C@H](O)[C@@H]1O. The Bertz CT molecular complexity index is 327. The van der Waals surface area contributed by atoms with Crippen LogP contribution < -0.4 is 0 Å². The molecule has 7 nitrogen and oxygen atoms in total. The van der Waals surface area contributed by atoms with E-state index in [-0.39, 0.29) is 0 Å². The molecule has 1 aliphatic heterocycles. The van der Waals surface area contributed by atoms with Crippen LogP contribution in [0, 0.1) is 0 Å². The molecule has 0 amide bonds. The Kier molecular flexibility index (Phi) is 4.27. The molecule has 0 unspecified atom stereocenters. The maximum absolute atomic E-state index is 10.9. The van der Waals surface area contributed by atoms with E-state index in [0.29, 0.717) is 0 Å². The van der Waals surface area contributed by atoms with Crippen LogP contribution in [0.4, 0.5) is 0 Å². The van der Waals surface area contributed by atoms with Crippen molar-refractivity contribution in [3.63, 3.8) is 0 Å². The molecule has 1 rings (SSSR count). The molecule has 1 heterocycles. The molecule has 8 heteroatoms. The fraction of sp³-hybridized carbons (Fsp3) is 1.00. The Morgan fingerprint density at radius 1 is 1.25 bits per heavy atom. The van der Waals surface area contributed by atoms with Crippen molar-refractivity contribution in [3.05, 3.63) is 0 Å². The van der Waals surface area contributed by atoms with Crippen LogP contribution in [0.15, 0.2) is 0 Å². The van der Waals surface area contributed by atoms with Gasteiger partial charge < -0.3 is 19.7 Å². The Morgan fingerprint density at radius 2 is 1.81 bits per heavy atom. The zero-order valence-corrected chi connectivity index (χ0v) is 10.0. The van der Waals surface area contributed by atoms with Gasteiger partial charge in [0.1, 0.15) is 18.3 Å². The van der Waals surface area contributed by atoms with E-state index < -0.39 is 40.8 Å². The minimum absolute atomic E-state index is 0.710. The quantitative estimate of drug-likeness (QED) is 0.589. The lowest BCUT2D eigenvalue weighted by molar-refractivity contribution is -0.281. The third-order valence-electron chi connectivity index (χ3n) is 2.30. The van der Waals surface area contributed by atoms with Crippen LogP contribution >= 0.6 is 0 Å². The first-order chi connectivity index (χ1) is 7.26. The summed E-state index contributed by atoms with van der Waals surface area (Å²) in [5, 5.41) is 19.2. The highest BCUT2D eigenvalue weighted by molar-refractivity contribution is 7.86. The van der Waals surface area contributed by atoms with Crippen LogP contribution in [0.1, 0.15) is 6.92 Å². The zero-order chi connectivity index (χ0) is 12.5. The molecule has 1 aliphatic rings. The first kappa shape index (κ1) is 13.8. The standard InChI is InChI=1S/C8H16O7S/c1-4-7(15-16(3,11)12)5(9)6(10)8(13-2)14-4/h4-10H,1-3H3/t4-,5-,6+,7+,8+/m1/s1. The highest BCUT2D eigenvalue weighted by Crippen LogP contribution is 2.24. The van der Waals surface area contributed by atoms with E-state index in [1.807, 2.05) is 0 Å². The Labute approximate surface area is 94.1 Å². The average molecular weight is 256 g/mol. The van der Waals surface area contributed by atoms with Crippen molar-refractivity contribution >= 4 is 10.1 Å². The molecule has 5 atom stereocenters. The van der Waals surface area contributed by atoms with Crippen LogP contribution in [-0.2, 0) is 23.8 Å². The monoisotopic (exact) mass is 256 g/mol. The van der Waals surface area contributed by atoms with Crippen molar-refractivity contribution < 1.29 is 32.3 Å². The highest BCUT2D eigenvalue weighted by Gasteiger charge is 2.45. The lowest BCUT2D eigenvalue weighted by atomic mass is 10.0. The van der Waals surface area contributed by atoms with Gasteiger partial charge in [-0.3, -0.25) is 4.18 Å². The predicted octanol–water partition coefficient (Wildman–Crippen LogP) is -1.56. The van der Waals surface area contributed by atoms with Gasteiger partial charge in [-0.2, -0.15) is 8.42 Å². The summed E-state index contributed by atoms with van der Waals surface area (Å²) >= 11 is 0. The summed E-state index contributed by atoms with van der Waals surface area (Å²) in [6.07, 6.45) is -4.73. The molecular weight excluding hydrogens is 240 g/mol. The van der Waals surface area contributed by atoms with Gasteiger partial charge in [0, 0.05) is 7.11 Å². The summed E-state index contributed by atoms with van der Waals surface area (Å²) < 4.78 is 36.5. The van der Waals surface area contributed by atoms with E-state index in [4.69, 9.17) is 9.47 Å². The van der Waals surface area contributed by atoms with Crippen molar-refractivity contribution in [3.8, 4) is 0 Å². The third-order valence-corrected chi connectivity index (χ3v) is 2.87. The van der Waals surface area contributed by atoms with E-state index in [1.165, 1.54) is 14.0 Å². The van der Waals surface area contributed by atoms with Crippen molar-refractivity contribution in [1.29, 1.82) is 0 Å². The van der Waals surface area contributed by atoms with Crippen molar-refractivity contribution in [2.24, 2.45) is 0 Å². The molecule has 0 aromatic rings. The molecule has 16 heavy (non-hydrogen) atoms. The van der Waals surface area contributed by atoms with Gasteiger partial charge in [-0.15, -0.1) is 0 Å². The van der Waals surface area contributed by atoms with E-state index in [1.54, 1.807) is 0 Å². The molecule has 0 spiro atoms. The molecule has 0 radical (unpaired) electrons. The third kappa shape index (κ3) is 3.12. The highest BCUT2D eigenvalue weighted by atomic mass is 32.2. The van der Waals surface area contributed by atoms with Gasteiger partial charge in [-0.1, -0.05) is 0 Å². The number of aliphatic hydroxyl groups is 2. The number of hydrogen-bond acceptors (Lipinski definition) is 7. The first-order valence-electron chi connectivity index (χ1n) is 4.69. The fourth-order valence-corrected chi connectivity index (χ4v) is 2.21. The second-order valence-corrected chi connectivity index (χ2v) is 5.29. The first-order valence-corrected chi connectivity index (χ1v) is 6.50. The van der Waals surface area contributed by atoms with Crippen LogP contribution in [-0.4, -0.2) is 62.7 Å². The number of aliphatic hydroxyl groups excluding tert-OH is 2. The number of ether oxygens (including phenoxy) is 2. The molecular formula is C8H16O7S. The lowest BCUT2D eigenvalue weighted by Gasteiger charge is -2.39. The van der Waals surface area contributed by atoms with Gasteiger partial charge >= 0.3 is 0 Å². The van der Waals surface area contributed by atoms with Gasteiger partial charge in [-0.25, -0.2) is 0 Å². The normalized spacial score (nSPS) is 40.9. The van der Waals surface area contributed by atoms with Crippen LogP contribution in [0.2, 0.25) is 0 Å². The second kappa shape index (κ2) is 4.94. The van der Waals surface area contributed by atoms with Crippen LogP contribution in [0.5, 0.6) is 0 Å². The Morgan fingerprint density at radius 3 is 2.25 bits per heavy atom. The summed E-state index contributed by atoms with van der Waals surface area (Å²) in [5.74, 6) is 0. The average Bonchev–Trinajstić information content (AvgIpc) is 2.17. The lowest BCUT2D eigenvalue weighted by Crippen LogP contribution is -2.58. The summed E-state index contributed by atoms with van der Waals surface area (Å²) in [4.78, 5) is 0. The zero-order valence-electron chi connectivity index (χ0n) is 9.23. The maximum atomic E-state index is 10.9. The molecule has 0 saturated carbocycles. The smallest absolute Gasteiger partial charge is 0.264 e. The number of rotatable bonds is 3. The van der Waals surface area contributed by atoms with E-state index >= 15 is 0 Å². The minimum atomic E-state index is -3.73. The van der Waals surface area contributed by atoms with Crippen molar-refractivity contribution in [2.45, 2.75) is 37.6 Å². The summed E-state index contributed by atoms with van der Waals surface area (Å²) in [5.41, 5.74) is 0. The van der Waals surface area contributed by atoms with Crippen LogP contribution in [0.3, 0.4) is 0 Å². The Hall–Kier alpha value is -0.250. The second-order valence-electron chi connectivity index (χ2n) is 3.69. The summed E-state index contributed by atoms with van der Waals surface area (Å²) in [6.45, 7) is 1.52. The summed E-state index contributed by atoms with van der Waals surface area (Å²) in [6, 6.07) is 0. The van der Waals surface area contributed by atoms with Gasteiger partial charge in [0.05, 0.1) is 12.4 Å². The van der Waals surface area contributed by atoms with Crippen molar-refractivity contribution in [2.75, 3.05) is 13.4 Å². The minimum Gasteiger partial charge on any atom is -0.387 e. The van der Waals surface area contributed by atoms with Gasteiger partial charge in [0.25, 0.3) is 10.1 Å². The number of hydrogen-bond donors (Lipinski definition) is 2. The molecule has 0 aromatic heterocycles. The van der Waals surface area contributed by atoms with Gasteiger partial charge in [0.2, 0.25) is 0 Å². The van der Waals surface area contributed by atoms with E-state index in [9.17, 15) is 18.6 Å². The molecule has 1 fully saturated rings. The Balaban J connectivity index is 2.80. The van der Waals surface area contributed by atoms with Crippen molar-refractivity contribution in [1.82, 2.24) is 0 Å². The molecule has 2 N–H and O–H groups in total. The fourth-order valence-electron chi connectivity index (χ4n) is 1.53. The van der Waals surface area contributed by atoms with E-state index in [0.717, 1.165) is 6.26 Å². The molecule has 1 saturated heterocycles. The molecule has 0 aromatic carbocycles. The molecule has 0 bridgehead atoms. The number of methoxy groups -OCH3 is 1.